The molecular formula is C11H10FN3O3. The van der Waals surface area contributed by atoms with E-state index in [4.69, 9.17) is 10.8 Å². The smallest absolute Gasteiger partial charge is 0.328 e. The molecule has 0 aliphatic heterocycles. The number of hydrogen-bond donors (Lipinski definition) is 3. The van der Waals surface area contributed by atoms with Crippen LogP contribution in [0.4, 0.5) is 4.39 Å². The molecular weight excluding hydrogens is 241 g/mol. The van der Waals surface area contributed by atoms with E-state index in [0.29, 0.717) is 11.6 Å². The fraction of sp³-hybridized carbons (Fsp3) is 0. The minimum atomic E-state index is -1.26. The largest absolute Gasteiger partial charge is 0.478 e. The lowest BCUT2D eigenvalue weighted by Crippen LogP contribution is -2.22. The monoisotopic (exact) mass is 251 g/mol. The van der Waals surface area contributed by atoms with Gasteiger partial charge in [-0.05, 0) is 12.1 Å². The van der Waals surface area contributed by atoms with Gasteiger partial charge in [0, 0.05) is 17.7 Å². The number of benzene rings is 1. The number of nitrogens with one attached hydrogen (secondary N) is 1. The Morgan fingerprint density at radius 1 is 1.39 bits per heavy atom. The lowest BCUT2D eigenvalue weighted by atomic mass is 10.2. The van der Waals surface area contributed by atoms with Crippen molar-refractivity contribution in [2.45, 2.75) is 0 Å². The summed E-state index contributed by atoms with van der Waals surface area (Å²) in [6, 6.07) is 5.35. The fourth-order valence-electron chi connectivity index (χ4n) is 1.01. The normalized spacial score (nSPS) is 11.5. The molecule has 0 radical (unpaired) electrons. The maximum absolute atomic E-state index is 12.9. The summed E-state index contributed by atoms with van der Waals surface area (Å²) in [4.78, 5) is 21.2. The molecule has 0 aromatic heterocycles. The van der Waals surface area contributed by atoms with E-state index in [1.165, 1.54) is 18.2 Å². The Balaban J connectivity index is 2.68. The summed E-state index contributed by atoms with van der Waals surface area (Å²) in [6.45, 7) is 0. The molecule has 4 N–H and O–H groups in total. The number of hydrogen-bond acceptors (Lipinski definition) is 3. The maximum atomic E-state index is 12.9. The van der Waals surface area contributed by atoms with Gasteiger partial charge in [0.05, 0.1) is 0 Å². The van der Waals surface area contributed by atoms with Crippen LogP contribution >= 0.6 is 0 Å². The highest BCUT2D eigenvalue weighted by Gasteiger charge is 2.01. The van der Waals surface area contributed by atoms with E-state index >= 15 is 0 Å². The molecule has 1 amide bonds. The van der Waals surface area contributed by atoms with Crippen molar-refractivity contribution >= 4 is 17.7 Å². The molecule has 0 spiro atoms. The summed E-state index contributed by atoms with van der Waals surface area (Å²) in [5.74, 6) is -2.58. The van der Waals surface area contributed by atoms with Gasteiger partial charge in [0.1, 0.15) is 5.82 Å². The standard InChI is InChI=1S/C11H10FN3O3/c12-8-3-1-2-7(6-8)11(13)15-14-9(16)4-5-10(17)18/h1-6H,(H2,13,15)(H,14,16)(H,17,18)/b5-4-. The quantitative estimate of drug-likeness (QED) is 0.308. The number of carboxylic acids is 1. The first-order chi connectivity index (χ1) is 8.49. The van der Waals surface area contributed by atoms with E-state index in [0.717, 1.165) is 12.1 Å². The number of carbonyl (C=O) groups is 2. The van der Waals surface area contributed by atoms with Gasteiger partial charge in [0.25, 0.3) is 5.91 Å². The molecule has 0 saturated carbocycles. The molecule has 7 heteroatoms. The molecule has 94 valence electrons. The average molecular weight is 251 g/mol. The first kappa shape index (κ1) is 13.4. The minimum absolute atomic E-state index is 0.0911. The van der Waals surface area contributed by atoms with Crippen LogP contribution in [-0.4, -0.2) is 22.8 Å². The van der Waals surface area contributed by atoms with Crippen LogP contribution in [0.1, 0.15) is 5.56 Å². The highest BCUT2D eigenvalue weighted by Crippen LogP contribution is 2.02. The molecule has 1 rings (SSSR count). The molecule has 0 bridgehead atoms. The molecule has 0 aliphatic carbocycles. The summed E-state index contributed by atoms with van der Waals surface area (Å²) in [6.07, 6.45) is 1.44. The average Bonchev–Trinajstić information content (AvgIpc) is 2.33. The molecule has 0 heterocycles. The predicted octanol–water partition coefficient (Wildman–Crippen LogP) is 0.203. The summed E-state index contributed by atoms with van der Waals surface area (Å²) in [5, 5.41) is 11.8. The van der Waals surface area contributed by atoms with Gasteiger partial charge in [-0.25, -0.2) is 14.6 Å². The van der Waals surface area contributed by atoms with Gasteiger partial charge < -0.3 is 10.8 Å². The molecule has 0 aliphatic rings. The molecule has 6 nitrogen and oxygen atoms in total. The highest BCUT2D eigenvalue weighted by atomic mass is 19.1. The highest BCUT2D eigenvalue weighted by molar-refractivity contribution is 5.99. The van der Waals surface area contributed by atoms with Gasteiger partial charge >= 0.3 is 5.97 Å². The van der Waals surface area contributed by atoms with Crippen LogP contribution in [0, 0.1) is 5.82 Å². The lowest BCUT2D eigenvalue weighted by molar-refractivity contribution is -0.131. The van der Waals surface area contributed by atoms with E-state index in [-0.39, 0.29) is 5.84 Å². The molecule has 0 saturated heterocycles. The number of rotatable bonds is 4. The number of carbonyl (C=O) groups excluding carboxylic acids is 1. The third kappa shape index (κ3) is 4.44. The van der Waals surface area contributed by atoms with Crippen molar-refractivity contribution in [3.05, 3.63) is 47.8 Å². The maximum Gasteiger partial charge on any atom is 0.328 e. The first-order valence-electron chi connectivity index (χ1n) is 4.79. The number of nitrogens with two attached hydrogens (primary N) is 1. The Hall–Kier alpha value is -2.70. The second-order valence-electron chi connectivity index (χ2n) is 3.16. The van der Waals surface area contributed by atoms with Gasteiger partial charge in [-0.2, -0.15) is 5.10 Å². The van der Waals surface area contributed by atoms with Crippen molar-refractivity contribution in [2.24, 2.45) is 10.8 Å². The topological polar surface area (TPSA) is 105 Å². The van der Waals surface area contributed by atoms with Crippen LogP contribution in [0.3, 0.4) is 0 Å². The van der Waals surface area contributed by atoms with E-state index in [1.807, 2.05) is 5.43 Å². The van der Waals surface area contributed by atoms with Crippen LogP contribution in [0.25, 0.3) is 0 Å². The number of aliphatic carboxylic acids is 1. The predicted molar refractivity (Wildman–Crippen MR) is 62.0 cm³/mol. The van der Waals surface area contributed by atoms with E-state index < -0.39 is 17.7 Å². The number of amidine groups is 1. The zero-order chi connectivity index (χ0) is 13.5. The van der Waals surface area contributed by atoms with E-state index in [2.05, 4.69) is 5.10 Å². The van der Waals surface area contributed by atoms with Crippen LogP contribution in [-0.2, 0) is 9.59 Å². The van der Waals surface area contributed by atoms with Crippen molar-refractivity contribution in [1.82, 2.24) is 5.43 Å². The minimum Gasteiger partial charge on any atom is -0.478 e. The zero-order valence-electron chi connectivity index (χ0n) is 9.13. The van der Waals surface area contributed by atoms with Crippen molar-refractivity contribution in [3.8, 4) is 0 Å². The molecule has 1 aromatic rings. The summed E-state index contributed by atoms with van der Waals surface area (Å²) in [5.41, 5.74) is 7.81. The van der Waals surface area contributed by atoms with Crippen molar-refractivity contribution in [3.63, 3.8) is 0 Å². The molecule has 1 aromatic carbocycles. The van der Waals surface area contributed by atoms with Crippen molar-refractivity contribution in [2.75, 3.05) is 0 Å². The Labute approximate surface area is 102 Å². The summed E-state index contributed by atoms with van der Waals surface area (Å²) >= 11 is 0. The van der Waals surface area contributed by atoms with Crippen LogP contribution in [0.5, 0.6) is 0 Å². The number of carboxylic acid groups (broad SMARTS) is 1. The van der Waals surface area contributed by atoms with Crippen molar-refractivity contribution in [1.29, 1.82) is 0 Å². The zero-order valence-corrected chi connectivity index (χ0v) is 9.13. The SMILES string of the molecule is N/C(=N\NC(=O)/C=C\C(=O)O)c1cccc(F)c1. The number of hydrazone groups is 1. The Morgan fingerprint density at radius 3 is 2.72 bits per heavy atom. The summed E-state index contributed by atoms with van der Waals surface area (Å²) in [7, 11) is 0. The van der Waals surface area contributed by atoms with Gasteiger partial charge in [-0.15, -0.1) is 0 Å². The third-order valence-corrected chi connectivity index (χ3v) is 1.78. The summed E-state index contributed by atoms with van der Waals surface area (Å²) < 4.78 is 12.9. The second kappa shape index (κ2) is 6.14. The van der Waals surface area contributed by atoms with Crippen LogP contribution < -0.4 is 11.2 Å². The van der Waals surface area contributed by atoms with Gasteiger partial charge in [0.15, 0.2) is 5.84 Å². The lowest BCUT2D eigenvalue weighted by Gasteiger charge is -2.00. The Morgan fingerprint density at radius 2 is 2.11 bits per heavy atom. The van der Waals surface area contributed by atoms with E-state index in [1.54, 1.807) is 0 Å². The van der Waals surface area contributed by atoms with Crippen molar-refractivity contribution < 1.29 is 19.1 Å². The molecule has 0 fully saturated rings. The van der Waals surface area contributed by atoms with Crippen LogP contribution in [0.2, 0.25) is 0 Å². The van der Waals surface area contributed by atoms with Gasteiger partial charge in [0.2, 0.25) is 0 Å². The first-order valence-corrected chi connectivity index (χ1v) is 4.79. The van der Waals surface area contributed by atoms with Gasteiger partial charge in [-0.3, -0.25) is 4.79 Å². The Bertz CT molecular complexity index is 526. The van der Waals surface area contributed by atoms with E-state index in [9.17, 15) is 14.0 Å². The molecule has 0 unspecified atom stereocenters. The number of amides is 1. The van der Waals surface area contributed by atoms with Crippen LogP contribution in [0.15, 0.2) is 41.5 Å². The second-order valence-corrected chi connectivity index (χ2v) is 3.16. The number of halogens is 1. The molecule has 18 heavy (non-hydrogen) atoms. The third-order valence-electron chi connectivity index (χ3n) is 1.78. The number of nitrogens with zero attached hydrogens (tertiary/aromatic N) is 1. The van der Waals surface area contributed by atoms with Gasteiger partial charge in [-0.1, -0.05) is 12.1 Å². The molecule has 0 atom stereocenters. The Kier molecular flexibility index (Phi) is 4.56. The fourth-order valence-corrected chi connectivity index (χ4v) is 1.01.